The first-order valence-corrected chi connectivity index (χ1v) is 8.75. The predicted octanol–water partition coefficient (Wildman–Crippen LogP) is 5.35. The topological polar surface area (TPSA) is 58.6 Å². The summed E-state index contributed by atoms with van der Waals surface area (Å²) in [6.45, 7) is 4.06. The number of hydrogen-bond acceptors (Lipinski definition) is 3. The highest BCUT2D eigenvalue weighted by Gasteiger charge is 2.10. The number of amides is 1. The van der Waals surface area contributed by atoms with Gasteiger partial charge in [-0.2, -0.15) is 0 Å². The molecule has 0 aromatic heterocycles. The molecule has 0 aliphatic rings. The third kappa shape index (κ3) is 4.72. The molecule has 6 heteroatoms. The number of phenolic OH excluding ortho intramolecular Hbond substituents is 1. The minimum atomic E-state index is -0.232. The van der Waals surface area contributed by atoms with Crippen molar-refractivity contribution in [1.29, 1.82) is 0 Å². The van der Waals surface area contributed by atoms with Gasteiger partial charge < -0.3 is 15.2 Å². The molecular weight excluding hydrogens is 426 g/mol. The van der Waals surface area contributed by atoms with Gasteiger partial charge in [-0.05, 0) is 81.6 Å². The van der Waals surface area contributed by atoms with Crippen LogP contribution in [0, 0.1) is 0 Å². The van der Waals surface area contributed by atoms with Gasteiger partial charge >= 0.3 is 0 Å². The normalized spacial score (nSPS) is 11.8. The summed E-state index contributed by atoms with van der Waals surface area (Å²) in [5.74, 6) is 0.602. The van der Waals surface area contributed by atoms with Crippen molar-refractivity contribution in [2.45, 2.75) is 26.4 Å². The third-order valence-corrected chi connectivity index (χ3v) is 4.51. The largest absolute Gasteiger partial charge is 0.506 e. The van der Waals surface area contributed by atoms with Gasteiger partial charge in [-0.1, -0.05) is 6.92 Å². The van der Waals surface area contributed by atoms with Gasteiger partial charge in [0.15, 0.2) is 0 Å². The van der Waals surface area contributed by atoms with Gasteiger partial charge in [0.25, 0.3) is 5.91 Å². The molecule has 0 radical (unpaired) electrons. The zero-order valence-corrected chi connectivity index (χ0v) is 15.9. The summed E-state index contributed by atoms with van der Waals surface area (Å²) in [4.78, 5) is 12.3. The first-order valence-electron chi connectivity index (χ1n) is 7.16. The summed E-state index contributed by atoms with van der Waals surface area (Å²) in [6.07, 6.45) is 1.06. The van der Waals surface area contributed by atoms with Gasteiger partial charge in [-0.25, -0.2) is 0 Å². The summed E-state index contributed by atoms with van der Waals surface area (Å²) in [5, 5.41) is 12.5. The van der Waals surface area contributed by atoms with E-state index in [0.717, 1.165) is 12.2 Å². The monoisotopic (exact) mass is 441 g/mol. The molecule has 122 valence electrons. The Morgan fingerprint density at radius 1 is 1.22 bits per heavy atom. The first kappa shape index (κ1) is 17.8. The van der Waals surface area contributed by atoms with Crippen molar-refractivity contribution in [3.8, 4) is 11.5 Å². The molecule has 0 aliphatic heterocycles. The lowest BCUT2D eigenvalue weighted by atomic mass is 10.2. The first-order chi connectivity index (χ1) is 10.9. The van der Waals surface area contributed by atoms with E-state index in [-0.39, 0.29) is 17.8 Å². The van der Waals surface area contributed by atoms with Crippen molar-refractivity contribution in [1.82, 2.24) is 0 Å². The molecule has 0 unspecified atom stereocenters. The number of carbonyl (C=O) groups excluding carboxylic acids is 1. The fraction of sp³-hybridized carbons (Fsp3) is 0.235. The molecule has 2 rings (SSSR count). The number of hydrogen-bond donors (Lipinski definition) is 2. The highest BCUT2D eigenvalue weighted by molar-refractivity contribution is 9.11. The Bertz CT molecular complexity index is 678. The van der Waals surface area contributed by atoms with E-state index in [2.05, 4.69) is 44.1 Å². The Balaban J connectivity index is 2.09. The quantitative estimate of drug-likeness (QED) is 0.613. The van der Waals surface area contributed by atoms with Crippen molar-refractivity contribution < 1.29 is 14.6 Å². The number of phenols is 1. The molecule has 0 fully saturated rings. The highest BCUT2D eigenvalue weighted by Crippen LogP contribution is 2.35. The Hall–Kier alpha value is -1.53. The number of ether oxygens (including phenoxy) is 1. The van der Waals surface area contributed by atoms with Crippen molar-refractivity contribution in [2.75, 3.05) is 5.32 Å². The van der Waals surface area contributed by atoms with E-state index >= 15 is 0 Å². The van der Waals surface area contributed by atoms with Crippen molar-refractivity contribution in [2.24, 2.45) is 0 Å². The average molecular weight is 443 g/mol. The van der Waals surface area contributed by atoms with Crippen LogP contribution in [-0.2, 0) is 0 Å². The van der Waals surface area contributed by atoms with Gasteiger partial charge in [-0.15, -0.1) is 0 Å². The lowest BCUT2D eigenvalue weighted by Crippen LogP contribution is -2.12. The van der Waals surface area contributed by atoms with Crippen LogP contribution in [0.25, 0.3) is 0 Å². The van der Waals surface area contributed by atoms with Crippen LogP contribution < -0.4 is 10.1 Å². The van der Waals surface area contributed by atoms with Crippen LogP contribution >= 0.6 is 31.9 Å². The zero-order valence-electron chi connectivity index (χ0n) is 12.8. The zero-order chi connectivity index (χ0) is 17.0. The van der Waals surface area contributed by atoms with Crippen LogP contribution in [0.1, 0.15) is 30.6 Å². The Kier molecular flexibility index (Phi) is 6.07. The number of rotatable bonds is 5. The molecule has 23 heavy (non-hydrogen) atoms. The van der Waals surface area contributed by atoms with Crippen molar-refractivity contribution >= 4 is 43.5 Å². The van der Waals surface area contributed by atoms with E-state index in [0.29, 0.717) is 20.2 Å². The molecule has 2 aromatic rings. The van der Waals surface area contributed by atoms with Gasteiger partial charge in [-0.3, -0.25) is 4.79 Å². The van der Waals surface area contributed by atoms with E-state index in [1.54, 1.807) is 36.4 Å². The summed E-state index contributed by atoms with van der Waals surface area (Å²) in [5.41, 5.74) is 1.10. The fourth-order valence-electron chi connectivity index (χ4n) is 1.84. The second-order valence-electron chi connectivity index (χ2n) is 5.10. The lowest BCUT2D eigenvalue weighted by molar-refractivity contribution is 0.102. The maximum absolute atomic E-state index is 12.3. The maximum atomic E-state index is 12.3. The summed E-state index contributed by atoms with van der Waals surface area (Å²) in [6, 6.07) is 10.3. The smallest absolute Gasteiger partial charge is 0.255 e. The van der Waals surface area contributed by atoms with Gasteiger partial charge in [0, 0.05) is 11.3 Å². The molecule has 0 spiro atoms. The third-order valence-electron chi connectivity index (χ3n) is 3.30. The summed E-state index contributed by atoms with van der Waals surface area (Å²) in [7, 11) is 0. The average Bonchev–Trinajstić information content (AvgIpc) is 2.53. The van der Waals surface area contributed by atoms with Crippen molar-refractivity contribution in [3.63, 3.8) is 0 Å². The molecule has 2 N–H and O–H groups in total. The molecule has 1 atom stereocenters. The SMILES string of the molecule is CC[C@H](C)Oc1ccc(C(=O)Nc2cc(Br)c(O)c(Br)c2)cc1. The minimum absolute atomic E-state index is 0.0922. The standard InChI is InChI=1S/C17H17Br2NO3/c1-3-10(2)23-13-6-4-11(5-7-13)17(22)20-12-8-14(18)16(21)15(19)9-12/h4-10,21H,3H2,1-2H3,(H,20,22)/t10-/m0/s1. The molecule has 0 heterocycles. The van der Waals surface area contributed by atoms with E-state index in [1.807, 2.05) is 6.92 Å². The van der Waals surface area contributed by atoms with E-state index in [9.17, 15) is 9.90 Å². The van der Waals surface area contributed by atoms with Crippen LogP contribution in [0.5, 0.6) is 11.5 Å². The minimum Gasteiger partial charge on any atom is -0.506 e. The van der Waals surface area contributed by atoms with Crippen molar-refractivity contribution in [3.05, 3.63) is 50.9 Å². The summed E-state index contributed by atoms with van der Waals surface area (Å²) < 4.78 is 6.69. The van der Waals surface area contributed by atoms with Gasteiger partial charge in [0.2, 0.25) is 0 Å². The molecular formula is C17H17Br2NO3. The number of halogens is 2. The molecule has 0 aliphatic carbocycles. The number of benzene rings is 2. The van der Waals surface area contributed by atoms with Gasteiger partial charge in [0.05, 0.1) is 15.0 Å². The number of nitrogens with one attached hydrogen (secondary N) is 1. The van der Waals surface area contributed by atoms with Crippen LogP contribution in [0.4, 0.5) is 5.69 Å². The van der Waals surface area contributed by atoms with Gasteiger partial charge in [0.1, 0.15) is 11.5 Å². The van der Waals surface area contributed by atoms with Crippen LogP contribution in [0.3, 0.4) is 0 Å². The number of carbonyl (C=O) groups is 1. The Labute approximate surface area is 152 Å². The molecule has 4 nitrogen and oxygen atoms in total. The molecule has 0 bridgehead atoms. The lowest BCUT2D eigenvalue weighted by Gasteiger charge is -2.13. The molecule has 0 saturated heterocycles. The summed E-state index contributed by atoms with van der Waals surface area (Å²) >= 11 is 6.47. The highest BCUT2D eigenvalue weighted by atomic mass is 79.9. The van der Waals surface area contributed by atoms with Crippen LogP contribution in [0.2, 0.25) is 0 Å². The number of anilines is 1. The molecule has 2 aromatic carbocycles. The molecule has 0 saturated carbocycles. The van der Waals surface area contributed by atoms with Crippen LogP contribution in [-0.4, -0.2) is 17.1 Å². The second-order valence-corrected chi connectivity index (χ2v) is 6.81. The van der Waals surface area contributed by atoms with E-state index < -0.39 is 0 Å². The molecule has 1 amide bonds. The maximum Gasteiger partial charge on any atom is 0.255 e. The number of aromatic hydroxyl groups is 1. The predicted molar refractivity (Wildman–Crippen MR) is 98.3 cm³/mol. The van der Waals surface area contributed by atoms with E-state index in [1.165, 1.54) is 0 Å². The van der Waals surface area contributed by atoms with E-state index in [4.69, 9.17) is 4.74 Å². The Morgan fingerprint density at radius 2 is 1.78 bits per heavy atom. The fourth-order valence-corrected chi connectivity index (χ4v) is 3.03. The Morgan fingerprint density at radius 3 is 2.30 bits per heavy atom. The van der Waals surface area contributed by atoms with Crippen LogP contribution in [0.15, 0.2) is 45.3 Å². The second kappa shape index (κ2) is 7.84.